The van der Waals surface area contributed by atoms with Crippen molar-refractivity contribution >= 4 is 5.78 Å². The van der Waals surface area contributed by atoms with Crippen LogP contribution in [-0.4, -0.2) is 26.1 Å². The fraction of sp³-hybridized carbons (Fsp3) is 0.417. The number of ether oxygens (including phenoxy) is 2. The van der Waals surface area contributed by atoms with Gasteiger partial charge in [0.05, 0.1) is 12.2 Å². The van der Waals surface area contributed by atoms with Gasteiger partial charge in [0.15, 0.2) is 5.78 Å². The molecule has 1 aromatic carbocycles. The molecule has 0 aliphatic carbocycles. The summed E-state index contributed by atoms with van der Waals surface area (Å²) in [4.78, 5) is 11.2. The molecule has 0 heterocycles. The molecule has 1 aromatic rings. The maximum atomic E-state index is 13.4. The molecule has 0 amide bonds. The summed E-state index contributed by atoms with van der Waals surface area (Å²) < 4.78 is 36.4. The monoisotopic (exact) mass is 244 g/mol. The van der Waals surface area contributed by atoms with Crippen LogP contribution in [0.5, 0.6) is 5.75 Å². The van der Waals surface area contributed by atoms with E-state index < -0.39 is 17.4 Å². The summed E-state index contributed by atoms with van der Waals surface area (Å²) in [6.45, 7) is 1.92. The Kier molecular flexibility index (Phi) is 5.03. The van der Waals surface area contributed by atoms with Crippen molar-refractivity contribution in [1.82, 2.24) is 0 Å². The molecule has 94 valence electrons. The molecule has 0 N–H and O–H groups in total. The van der Waals surface area contributed by atoms with Crippen LogP contribution in [0.2, 0.25) is 0 Å². The predicted octanol–water partition coefficient (Wildman–Crippen LogP) is 2.58. The molecule has 0 saturated carbocycles. The van der Waals surface area contributed by atoms with Crippen LogP contribution in [-0.2, 0) is 4.74 Å². The van der Waals surface area contributed by atoms with Crippen LogP contribution < -0.4 is 4.74 Å². The van der Waals surface area contributed by atoms with Gasteiger partial charge in [-0.25, -0.2) is 8.78 Å². The van der Waals surface area contributed by atoms with Crippen LogP contribution in [0.25, 0.3) is 0 Å². The molecule has 3 nitrogen and oxygen atoms in total. The van der Waals surface area contributed by atoms with Crippen molar-refractivity contribution in [2.24, 2.45) is 0 Å². The van der Waals surface area contributed by atoms with Crippen LogP contribution >= 0.6 is 0 Å². The van der Waals surface area contributed by atoms with E-state index in [1.54, 1.807) is 7.11 Å². The van der Waals surface area contributed by atoms with E-state index in [2.05, 4.69) is 0 Å². The van der Waals surface area contributed by atoms with Crippen LogP contribution in [0, 0.1) is 11.6 Å². The Morgan fingerprint density at radius 1 is 1.29 bits per heavy atom. The number of hydrogen-bond acceptors (Lipinski definition) is 3. The highest BCUT2D eigenvalue weighted by Crippen LogP contribution is 2.24. The minimum absolute atomic E-state index is 0.0638. The molecule has 0 saturated heterocycles. The maximum Gasteiger partial charge on any atom is 0.166 e. The number of rotatable bonds is 6. The lowest BCUT2D eigenvalue weighted by atomic mass is 10.1. The average Bonchev–Trinajstić information content (AvgIpc) is 2.22. The second-order valence-electron chi connectivity index (χ2n) is 3.51. The topological polar surface area (TPSA) is 35.5 Å². The van der Waals surface area contributed by atoms with Gasteiger partial charge in [-0.15, -0.1) is 0 Å². The molecular formula is C12H14F2O3. The first-order chi connectivity index (χ1) is 8.06. The molecule has 1 rings (SSSR count). The highest BCUT2D eigenvalue weighted by Gasteiger charge is 2.16. The first-order valence-corrected chi connectivity index (χ1v) is 5.18. The van der Waals surface area contributed by atoms with Gasteiger partial charge in [-0.3, -0.25) is 4.79 Å². The number of carbonyl (C=O) groups excluding carboxylic acids is 1. The Morgan fingerprint density at radius 3 is 2.59 bits per heavy atom. The normalized spacial score (nSPS) is 10.4. The second-order valence-corrected chi connectivity index (χ2v) is 3.51. The molecule has 0 aliphatic rings. The van der Waals surface area contributed by atoms with Crippen LogP contribution in [0.15, 0.2) is 12.1 Å². The zero-order valence-electron chi connectivity index (χ0n) is 9.76. The van der Waals surface area contributed by atoms with Gasteiger partial charge in [0.1, 0.15) is 17.4 Å². The molecule has 0 spiro atoms. The van der Waals surface area contributed by atoms with E-state index in [1.165, 1.54) is 6.92 Å². The van der Waals surface area contributed by atoms with Gasteiger partial charge in [0.2, 0.25) is 0 Å². The van der Waals surface area contributed by atoms with Crippen molar-refractivity contribution in [1.29, 1.82) is 0 Å². The minimum atomic E-state index is -0.903. The molecular weight excluding hydrogens is 230 g/mol. The molecule has 0 aliphatic heterocycles. The van der Waals surface area contributed by atoms with Gasteiger partial charge in [-0.1, -0.05) is 0 Å². The van der Waals surface area contributed by atoms with Gasteiger partial charge in [0, 0.05) is 32.3 Å². The van der Waals surface area contributed by atoms with Gasteiger partial charge in [-0.05, 0) is 6.92 Å². The van der Waals surface area contributed by atoms with Crippen molar-refractivity contribution in [3.8, 4) is 5.75 Å². The summed E-state index contributed by atoms with van der Waals surface area (Å²) in [5, 5.41) is 0. The fourth-order valence-corrected chi connectivity index (χ4v) is 1.39. The molecule has 0 radical (unpaired) electrons. The summed E-state index contributed by atoms with van der Waals surface area (Å²) in [5.41, 5.74) is -0.219. The third-order valence-corrected chi connectivity index (χ3v) is 2.12. The van der Waals surface area contributed by atoms with Gasteiger partial charge < -0.3 is 9.47 Å². The Morgan fingerprint density at radius 2 is 2.00 bits per heavy atom. The Labute approximate surface area is 98.3 Å². The summed E-state index contributed by atoms with van der Waals surface area (Å²) in [5.74, 6) is -2.23. The summed E-state index contributed by atoms with van der Waals surface area (Å²) in [7, 11) is 1.54. The quantitative estimate of drug-likeness (QED) is 0.570. The van der Waals surface area contributed by atoms with Crippen molar-refractivity contribution in [2.75, 3.05) is 20.3 Å². The lowest BCUT2D eigenvalue weighted by Gasteiger charge is -2.10. The van der Waals surface area contributed by atoms with Crippen molar-refractivity contribution in [2.45, 2.75) is 13.3 Å². The third-order valence-electron chi connectivity index (χ3n) is 2.12. The third kappa shape index (κ3) is 3.78. The molecule has 17 heavy (non-hydrogen) atoms. The van der Waals surface area contributed by atoms with E-state index in [0.29, 0.717) is 19.1 Å². The van der Waals surface area contributed by atoms with Gasteiger partial charge in [0.25, 0.3) is 0 Å². The Balaban J connectivity index is 2.85. The van der Waals surface area contributed by atoms with Gasteiger partial charge >= 0.3 is 0 Å². The van der Waals surface area contributed by atoms with E-state index in [0.717, 1.165) is 6.07 Å². The van der Waals surface area contributed by atoms with Crippen molar-refractivity contribution in [3.05, 3.63) is 29.3 Å². The molecule has 0 aromatic heterocycles. The van der Waals surface area contributed by atoms with Crippen molar-refractivity contribution < 1.29 is 23.0 Å². The minimum Gasteiger partial charge on any atom is -0.493 e. The van der Waals surface area contributed by atoms with E-state index in [1.807, 2.05) is 0 Å². The molecule has 0 bridgehead atoms. The number of methoxy groups -OCH3 is 1. The van der Waals surface area contributed by atoms with E-state index in [-0.39, 0.29) is 17.9 Å². The van der Waals surface area contributed by atoms with E-state index in [9.17, 15) is 13.6 Å². The number of carbonyl (C=O) groups is 1. The number of hydrogen-bond donors (Lipinski definition) is 0. The van der Waals surface area contributed by atoms with Crippen molar-refractivity contribution in [3.63, 3.8) is 0 Å². The van der Waals surface area contributed by atoms with Crippen LogP contribution in [0.4, 0.5) is 8.78 Å². The first-order valence-electron chi connectivity index (χ1n) is 5.18. The average molecular weight is 244 g/mol. The smallest absolute Gasteiger partial charge is 0.166 e. The highest BCUT2D eigenvalue weighted by atomic mass is 19.1. The van der Waals surface area contributed by atoms with Gasteiger partial charge in [-0.2, -0.15) is 0 Å². The number of benzene rings is 1. The molecule has 0 fully saturated rings. The summed E-state index contributed by atoms with van der Waals surface area (Å²) in [6.07, 6.45) is 0.575. The second kappa shape index (κ2) is 6.30. The Hall–Kier alpha value is -1.49. The zero-order valence-corrected chi connectivity index (χ0v) is 9.76. The first kappa shape index (κ1) is 13.6. The number of ketones is 1. The van der Waals surface area contributed by atoms with Crippen LogP contribution in [0.3, 0.4) is 0 Å². The largest absolute Gasteiger partial charge is 0.493 e. The lowest BCUT2D eigenvalue weighted by molar-refractivity contribution is 0.100. The maximum absolute atomic E-state index is 13.4. The lowest BCUT2D eigenvalue weighted by Crippen LogP contribution is -2.07. The standard InChI is InChI=1S/C12H14F2O3/c1-8(15)12-10(14)6-9(13)7-11(12)17-5-3-4-16-2/h6-7H,3-5H2,1-2H3. The predicted molar refractivity (Wildman–Crippen MR) is 58.4 cm³/mol. The van der Waals surface area contributed by atoms with E-state index >= 15 is 0 Å². The SMILES string of the molecule is COCCCOc1cc(F)cc(F)c1C(C)=O. The zero-order chi connectivity index (χ0) is 12.8. The van der Waals surface area contributed by atoms with Crippen LogP contribution in [0.1, 0.15) is 23.7 Å². The Bertz CT molecular complexity index is 405. The van der Waals surface area contributed by atoms with E-state index in [4.69, 9.17) is 9.47 Å². The molecule has 0 atom stereocenters. The highest BCUT2D eigenvalue weighted by molar-refractivity contribution is 5.97. The number of halogens is 2. The molecule has 5 heteroatoms. The summed E-state index contributed by atoms with van der Waals surface area (Å²) >= 11 is 0. The fourth-order valence-electron chi connectivity index (χ4n) is 1.39. The summed E-state index contributed by atoms with van der Waals surface area (Å²) in [6, 6.07) is 1.67. The molecule has 0 unspecified atom stereocenters. The number of Topliss-reactive ketones (excluding diaryl/α,β-unsaturated/α-hetero) is 1.